The monoisotopic (exact) mass is 361 g/mol. The van der Waals surface area contributed by atoms with Crippen molar-refractivity contribution >= 4 is 40.4 Å². The van der Waals surface area contributed by atoms with Crippen LogP contribution in [0.1, 0.15) is 26.4 Å². The van der Waals surface area contributed by atoms with Crippen molar-refractivity contribution in [2.75, 3.05) is 5.32 Å². The van der Waals surface area contributed by atoms with Gasteiger partial charge >= 0.3 is 0 Å². The van der Waals surface area contributed by atoms with Crippen molar-refractivity contribution in [2.24, 2.45) is 7.05 Å². The van der Waals surface area contributed by atoms with E-state index in [2.05, 4.69) is 20.6 Å². The minimum atomic E-state index is -0.648. The Bertz CT molecular complexity index is 1030. The average Bonchev–Trinajstić information content (AvgIpc) is 3.11. The summed E-state index contributed by atoms with van der Waals surface area (Å²) in [6, 6.07) is 8.28. The second-order valence-electron chi connectivity index (χ2n) is 4.79. The normalized spacial score (nSPS) is 10.5. The lowest BCUT2D eigenvalue weighted by Crippen LogP contribution is -2.22. The van der Waals surface area contributed by atoms with Gasteiger partial charge in [0.1, 0.15) is 11.3 Å². The van der Waals surface area contributed by atoms with E-state index in [1.165, 1.54) is 7.05 Å². The summed E-state index contributed by atoms with van der Waals surface area (Å²) in [4.78, 5) is 37.3. The van der Waals surface area contributed by atoms with E-state index >= 15 is 0 Å². The summed E-state index contributed by atoms with van der Waals surface area (Å²) in [6.07, 6.45) is 0. The van der Waals surface area contributed by atoms with Crippen molar-refractivity contribution in [1.82, 2.24) is 20.0 Å². The molecular weight excluding hydrogens is 350 g/mol. The molecule has 1 amide bonds. The number of amides is 1. The first-order chi connectivity index (χ1) is 11.5. The molecule has 0 fully saturated rings. The third-order valence-corrected chi connectivity index (χ3v) is 4.20. The fourth-order valence-corrected chi connectivity index (χ4v) is 2.89. The largest absolute Gasteiger partial charge is 0.295 e. The molecule has 0 saturated carbocycles. The highest BCUT2D eigenvalue weighted by atomic mass is 32.1. The average molecular weight is 361 g/mol. The fourth-order valence-electron chi connectivity index (χ4n) is 2.10. The zero-order valence-corrected chi connectivity index (χ0v) is 14.0. The van der Waals surface area contributed by atoms with Crippen LogP contribution in [0.2, 0.25) is 0 Å². The highest BCUT2D eigenvalue weighted by molar-refractivity contribution is 7.73. The molecule has 0 radical (unpaired) electrons. The first-order valence-corrected chi connectivity index (χ1v) is 7.95. The SMILES string of the molecule is Cn1[nH]c(C(=O)Nc2n[nH]c(=S)s2)c(C(=O)c2ccccc2)c1=O. The molecule has 1 aromatic carbocycles. The molecule has 0 aliphatic rings. The van der Waals surface area contributed by atoms with Crippen molar-refractivity contribution in [3.63, 3.8) is 0 Å². The first kappa shape index (κ1) is 16.0. The van der Waals surface area contributed by atoms with E-state index in [4.69, 9.17) is 12.2 Å². The van der Waals surface area contributed by atoms with Crippen LogP contribution in [0.25, 0.3) is 0 Å². The number of hydrogen-bond acceptors (Lipinski definition) is 6. The molecule has 3 rings (SSSR count). The maximum absolute atomic E-state index is 12.6. The molecular formula is C14H11N5O3S2. The summed E-state index contributed by atoms with van der Waals surface area (Å²) in [7, 11) is 1.43. The van der Waals surface area contributed by atoms with Crippen LogP contribution in [0.4, 0.5) is 5.13 Å². The molecule has 122 valence electrons. The molecule has 2 heterocycles. The predicted molar refractivity (Wildman–Crippen MR) is 91.2 cm³/mol. The van der Waals surface area contributed by atoms with Crippen LogP contribution >= 0.6 is 23.6 Å². The van der Waals surface area contributed by atoms with Crippen LogP contribution < -0.4 is 10.9 Å². The standard InChI is InChI=1S/C14H11N5O3S2/c1-19-12(22)8(10(20)7-5-3-2-4-6-7)9(18-19)11(21)15-13-16-17-14(23)24-13/h2-6,18H,1H3,(H,17,23)(H,15,16,21). The van der Waals surface area contributed by atoms with Gasteiger partial charge in [-0.05, 0) is 12.2 Å². The minimum Gasteiger partial charge on any atom is -0.295 e. The van der Waals surface area contributed by atoms with Gasteiger partial charge in [-0.2, -0.15) is 0 Å². The number of benzene rings is 1. The van der Waals surface area contributed by atoms with Gasteiger partial charge in [-0.15, -0.1) is 5.10 Å². The lowest BCUT2D eigenvalue weighted by atomic mass is 10.0. The van der Waals surface area contributed by atoms with E-state index < -0.39 is 17.2 Å². The summed E-state index contributed by atoms with van der Waals surface area (Å²) in [6.45, 7) is 0. The van der Waals surface area contributed by atoms with Gasteiger partial charge in [0.25, 0.3) is 11.5 Å². The van der Waals surface area contributed by atoms with Crippen LogP contribution in [0.3, 0.4) is 0 Å². The fraction of sp³-hybridized carbons (Fsp3) is 0.0714. The second-order valence-corrected chi connectivity index (χ2v) is 6.46. The first-order valence-electron chi connectivity index (χ1n) is 6.73. The number of aromatic nitrogens is 4. The molecule has 0 unspecified atom stereocenters. The zero-order valence-electron chi connectivity index (χ0n) is 12.3. The predicted octanol–water partition coefficient (Wildman–Crippen LogP) is 1.71. The number of anilines is 1. The van der Waals surface area contributed by atoms with Crippen molar-refractivity contribution in [1.29, 1.82) is 0 Å². The van der Waals surface area contributed by atoms with Gasteiger partial charge in [0.15, 0.2) is 3.95 Å². The molecule has 0 atom stereocenters. The van der Waals surface area contributed by atoms with E-state index in [9.17, 15) is 14.4 Å². The van der Waals surface area contributed by atoms with Crippen molar-refractivity contribution in [2.45, 2.75) is 0 Å². The zero-order chi connectivity index (χ0) is 17.3. The number of carbonyl (C=O) groups is 2. The Morgan fingerprint density at radius 1 is 1.29 bits per heavy atom. The number of aryl methyl sites for hydroxylation is 1. The van der Waals surface area contributed by atoms with E-state index in [0.717, 1.165) is 16.0 Å². The Morgan fingerprint density at radius 2 is 2.00 bits per heavy atom. The maximum atomic E-state index is 12.6. The topological polar surface area (TPSA) is 113 Å². The summed E-state index contributed by atoms with van der Waals surface area (Å²) >= 11 is 5.96. The highest BCUT2D eigenvalue weighted by Gasteiger charge is 2.26. The van der Waals surface area contributed by atoms with Gasteiger partial charge in [-0.1, -0.05) is 41.7 Å². The molecule has 10 heteroatoms. The van der Waals surface area contributed by atoms with Crippen molar-refractivity contribution < 1.29 is 9.59 Å². The van der Waals surface area contributed by atoms with Gasteiger partial charge in [0, 0.05) is 12.6 Å². The molecule has 0 bridgehead atoms. The third-order valence-electron chi connectivity index (χ3n) is 3.20. The quantitative estimate of drug-likeness (QED) is 0.484. The summed E-state index contributed by atoms with van der Waals surface area (Å²) in [5.74, 6) is -1.18. The van der Waals surface area contributed by atoms with Crippen LogP contribution in [-0.2, 0) is 7.05 Å². The number of nitrogens with one attached hydrogen (secondary N) is 3. The van der Waals surface area contributed by atoms with Gasteiger partial charge < -0.3 is 0 Å². The molecule has 24 heavy (non-hydrogen) atoms. The van der Waals surface area contributed by atoms with Gasteiger partial charge in [0.05, 0.1) is 0 Å². The molecule has 0 aliphatic carbocycles. The van der Waals surface area contributed by atoms with E-state index in [0.29, 0.717) is 9.52 Å². The Morgan fingerprint density at radius 3 is 2.62 bits per heavy atom. The van der Waals surface area contributed by atoms with Gasteiger partial charge in [-0.25, -0.2) is 0 Å². The number of rotatable bonds is 4. The molecule has 8 nitrogen and oxygen atoms in total. The summed E-state index contributed by atoms with van der Waals surface area (Å²) < 4.78 is 1.48. The Labute approximate surface area is 144 Å². The number of hydrogen-bond donors (Lipinski definition) is 3. The molecule has 0 saturated heterocycles. The summed E-state index contributed by atoms with van der Waals surface area (Å²) in [5, 5.41) is 11.7. The second kappa shape index (κ2) is 6.34. The molecule has 0 spiro atoms. The number of ketones is 1. The number of nitrogens with zero attached hydrogens (tertiary/aromatic N) is 2. The van der Waals surface area contributed by atoms with Crippen molar-refractivity contribution in [3.05, 3.63) is 61.5 Å². The molecule has 2 aromatic heterocycles. The van der Waals surface area contributed by atoms with Crippen molar-refractivity contribution in [3.8, 4) is 0 Å². The van der Waals surface area contributed by atoms with Crippen LogP contribution in [0, 0.1) is 3.95 Å². The third kappa shape index (κ3) is 2.96. The van der Waals surface area contributed by atoms with Gasteiger partial charge in [-0.3, -0.25) is 34.6 Å². The molecule has 0 aliphatic heterocycles. The smallest absolute Gasteiger partial charge is 0.278 e. The van der Waals surface area contributed by atoms with E-state index in [1.54, 1.807) is 30.3 Å². The van der Waals surface area contributed by atoms with Crippen LogP contribution in [-0.4, -0.2) is 31.7 Å². The van der Waals surface area contributed by atoms with Crippen LogP contribution in [0.15, 0.2) is 35.1 Å². The Kier molecular flexibility index (Phi) is 4.23. The minimum absolute atomic E-state index is 0.127. The number of carbonyl (C=O) groups excluding carboxylic acids is 2. The summed E-state index contributed by atoms with van der Waals surface area (Å²) in [5.41, 5.74) is -0.611. The van der Waals surface area contributed by atoms with Crippen LogP contribution in [0.5, 0.6) is 0 Å². The van der Waals surface area contributed by atoms with E-state index in [1.807, 2.05) is 0 Å². The Balaban J connectivity index is 2.01. The van der Waals surface area contributed by atoms with Gasteiger partial charge in [0.2, 0.25) is 10.9 Å². The lowest BCUT2D eigenvalue weighted by Gasteiger charge is -2.02. The maximum Gasteiger partial charge on any atom is 0.278 e. The molecule has 3 N–H and O–H groups in total. The van der Waals surface area contributed by atoms with E-state index in [-0.39, 0.29) is 16.4 Å². The lowest BCUT2D eigenvalue weighted by molar-refractivity contribution is 0.0993. The number of H-pyrrole nitrogens is 2. The molecule has 3 aromatic rings. The Hall–Kier alpha value is -2.85. The number of aromatic amines is 2. The highest BCUT2D eigenvalue weighted by Crippen LogP contribution is 2.15.